The summed E-state index contributed by atoms with van der Waals surface area (Å²) in [6.07, 6.45) is 0.115. The Hall–Kier alpha value is -1.22. The SMILES string of the molecule is O=C(O)CC1=CSCc2ccccc21. The molecule has 1 heterocycles. The molecule has 1 N–H and O–H groups in total. The van der Waals surface area contributed by atoms with Crippen LogP contribution in [0.5, 0.6) is 0 Å². The molecule has 0 saturated heterocycles. The molecule has 0 aliphatic carbocycles. The molecule has 0 unspecified atom stereocenters. The third-order valence-corrected chi connectivity index (χ3v) is 3.10. The number of carboxylic acids is 1. The van der Waals surface area contributed by atoms with E-state index < -0.39 is 5.97 Å². The zero-order valence-corrected chi connectivity index (χ0v) is 8.38. The molecule has 2 rings (SSSR count). The van der Waals surface area contributed by atoms with Gasteiger partial charge in [0.1, 0.15) is 0 Å². The molecular weight excluding hydrogens is 196 g/mol. The van der Waals surface area contributed by atoms with E-state index in [-0.39, 0.29) is 6.42 Å². The second kappa shape index (κ2) is 3.88. The molecule has 72 valence electrons. The lowest BCUT2D eigenvalue weighted by Crippen LogP contribution is -2.01. The van der Waals surface area contributed by atoms with E-state index in [1.165, 1.54) is 5.56 Å². The lowest BCUT2D eigenvalue weighted by Gasteiger charge is -2.15. The van der Waals surface area contributed by atoms with Gasteiger partial charge in [0.2, 0.25) is 0 Å². The Balaban J connectivity index is 2.35. The van der Waals surface area contributed by atoms with Gasteiger partial charge in [0.15, 0.2) is 0 Å². The minimum absolute atomic E-state index is 0.115. The fourth-order valence-electron chi connectivity index (χ4n) is 1.55. The van der Waals surface area contributed by atoms with Crippen molar-refractivity contribution in [1.82, 2.24) is 0 Å². The van der Waals surface area contributed by atoms with Gasteiger partial charge in [0.05, 0.1) is 6.42 Å². The van der Waals surface area contributed by atoms with Gasteiger partial charge in [0, 0.05) is 5.75 Å². The summed E-state index contributed by atoms with van der Waals surface area (Å²) in [5.41, 5.74) is 3.24. The molecule has 2 nitrogen and oxygen atoms in total. The lowest BCUT2D eigenvalue weighted by molar-refractivity contribution is -0.135. The quantitative estimate of drug-likeness (QED) is 0.808. The average molecular weight is 206 g/mol. The van der Waals surface area contributed by atoms with Crippen molar-refractivity contribution in [2.75, 3.05) is 0 Å². The van der Waals surface area contributed by atoms with E-state index in [0.717, 1.165) is 16.9 Å². The molecule has 0 saturated carbocycles. The summed E-state index contributed by atoms with van der Waals surface area (Å²) in [5.74, 6) is 0.174. The summed E-state index contributed by atoms with van der Waals surface area (Å²) in [5, 5.41) is 10.7. The second-order valence-corrected chi connectivity index (χ2v) is 4.04. The van der Waals surface area contributed by atoms with Gasteiger partial charge >= 0.3 is 5.97 Å². The highest BCUT2D eigenvalue weighted by molar-refractivity contribution is 8.01. The van der Waals surface area contributed by atoms with Gasteiger partial charge in [-0.2, -0.15) is 0 Å². The van der Waals surface area contributed by atoms with Crippen molar-refractivity contribution in [2.24, 2.45) is 0 Å². The van der Waals surface area contributed by atoms with Crippen molar-refractivity contribution in [2.45, 2.75) is 12.2 Å². The first-order valence-corrected chi connectivity index (χ1v) is 5.43. The van der Waals surface area contributed by atoms with Crippen LogP contribution in [0.15, 0.2) is 29.7 Å². The van der Waals surface area contributed by atoms with Crippen molar-refractivity contribution in [3.05, 3.63) is 40.8 Å². The van der Waals surface area contributed by atoms with Crippen LogP contribution in [-0.2, 0) is 10.5 Å². The smallest absolute Gasteiger partial charge is 0.307 e. The van der Waals surface area contributed by atoms with Gasteiger partial charge in [-0.05, 0) is 22.1 Å². The molecule has 0 spiro atoms. The molecule has 1 aliphatic rings. The molecule has 1 aliphatic heterocycles. The Labute approximate surface area is 86.6 Å². The predicted octanol–water partition coefficient (Wildman–Crippen LogP) is 2.75. The monoisotopic (exact) mass is 206 g/mol. The molecular formula is C11H10O2S. The zero-order chi connectivity index (χ0) is 9.97. The highest BCUT2D eigenvalue weighted by Gasteiger charge is 2.14. The average Bonchev–Trinajstić information content (AvgIpc) is 2.18. The number of aliphatic carboxylic acids is 1. The molecule has 0 radical (unpaired) electrons. The minimum atomic E-state index is -0.770. The molecule has 0 fully saturated rings. The van der Waals surface area contributed by atoms with Crippen LogP contribution in [0.25, 0.3) is 5.57 Å². The molecule has 3 heteroatoms. The first kappa shape index (κ1) is 9.34. The van der Waals surface area contributed by atoms with Crippen molar-refractivity contribution in [3.63, 3.8) is 0 Å². The van der Waals surface area contributed by atoms with Crippen LogP contribution in [0.4, 0.5) is 0 Å². The third kappa shape index (κ3) is 1.82. The molecule has 0 aromatic heterocycles. The van der Waals surface area contributed by atoms with Crippen LogP contribution in [0, 0.1) is 0 Å². The van der Waals surface area contributed by atoms with E-state index in [0.29, 0.717) is 0 Å². The topological polar surface area (TPSA) is 37.3 Å². The van der Waals surface area contributed by atoms with Crippen molar-refractivity contribution in [1.29, 1.82) is 0 Å². The van der Waals surface area contributed by atoms with Crippen LogP contribution in [-0.4, -0.2) is 11.1 Å². The number of fused-ring (bicyclic) bond motifs is 1. The zero-order valence-electron chi connectivity index (χ0n) is 7.56. The molecule has 1 aromatic rings. The summed E-state index contributed by atoms with van der Waals surface area (Å²) in [6.45, 7) is 0. The molecule has 0 atom stereocenters. The van der Waals surface area contributed by atoms with Crippen LogP contribution in [0.2, 0.25) is 0 Å². The number of hydrogen-bond donors (Lipinski definition) is 1. The van der Waals surface area contributed by atoms with Gasteiger partial charge in [-0.25, -0.2) is 0 Å². The number of hydrogen-bond acceptors (Lipinski definition) is 2. The van der Waals surface area contributed by atoms with E-state index in [1.54, 1.807) is 11.8 Å². The fourth-order valence-corrected chi connectivity index (χ4v) is 2.48. The van der Waals surface area contributed by atoms with Gasteiger partial charge in [-0.3, -0.25) is 4.79 Å². The summed E-state index contributed by atoms with van der Waals surface area (Å²) in [4.78, 5) is 10.6. The summed E-state index contributed by atoms with van der Waals surface area (Å²) >= 11 is 1.66. The highest BCUT2D eigenvalue weighted by atomic mass is 32.2. The minimum Gasteiger partial charge on any atom is -0.481 e. The first-order valence-electron chi connectivity index (χ1n) is 4.38. The molecule has 14 heavy (non-hydrogen) atoms. The van der Waals surface area contributed by atoms with Crippen LogP contribution >= 0.6 is 11.8 Å². The van der Waals surface area contributed by atoms with Gasteiger partial charge in [-0.1, -0.05) is 24.3 Å². The summed E-state index contributed by atoms with van der Waals surface area (Å²) in [7, 11) is 0. The molecule has 0 bridgehead atoms. The van der Waals surface area contributed by atoms with E-state index in [9.17, 15) is 4.79 Å². The molecule has 0 amide bonds. The Morgan fingerprint density at radius 3 is 3.00 bits per heavy atom. The molecule has 1 aromatic carbocycles. The highest BCUT2D eigenvalue weighted by Crippen LogP contribution is 2.33. The maximum Gasteiger partial charge on any atom is 0.307 e. The van der Waals surface area contributed by atoms with E-state index in [1.807, 2.05) is 23.6 Å². The third-order valence-electron chi connectivity index (χ3n) is 2.17. The van der Waals surface area contributed by atoms with Crippen LogP contribution < -0.4 is 0 Å². The number of rotatable bonds is 2. The number of benzene rings is 1. The normalized spacial score (nSPS) is 14.4. The Morgan fingerprint density at radius 1 is 1.43 bits per heavy atom. The second-order valence-electron chi connectivity index (χ2n) is 3.18. The Morgan fingerprint density at radius 2 is 2.21 bits per heavy atom. The lowest BCUT2D eigenvalue weighted by atomic mass is 9.99. The fraction of sp³-hybridized carbons (Fsp3) is 0.182. The van der Waals surface area contributed by atoms with Gasteiger partial charge < -0.3 is 5.11 Å². The maximum atomic E-state index is 10.6. The van der Waals surface area contributed by atoms with Crippen molar-refractivity contribution >= 4 is 23.3 Å². The van der Waals surface area contributed by atoms with Crippen molar-refractivity contribution < 1.29 is 9.90 Å². The summed E-state index contributed by atoms with van der Waals surface area (Å²) < 4.78 is 0. The standard InChI is InChI=1S/C11H10O2S/c12-11(13)5-9-7-14-6-8-3-1-2-4-10(8)9/h1-4,7H,5-6H2,(H,12,13). The van der Waals surface area contributed by atoms with Crippen LogP contribution in [0.3, 0.4) is 0 Å². The summed E-state index contributed by atoms with van der Waals surface area (Å²) in [6, 6.07) is 7.98. The van der Waals surface area contributed by atoms with Gasteiger partial charge in [-0.15, -0.1) is 11.8 Å². The Bertz CT molecular complexity index is 396. The predicted molar refractivity (Wildman–Crippen MR) is 58.0 cm³/mol. The maximum absolute atomic E-state index is 10.6. The number of carboxylic acid groups (broad SMARTS) is 1. The van der Waals surface area contributed by atoms with E-state index >= 15 is 0 Å². The van der Waals surface area contributed by atoms with E-state index in [2.05, 4.69) is 6.07 Å². The van der Waals surface area contributed by atoms with E-state index in [4.69, 9.17) is 5.11 Å². The number of carbonyl (C=O) groups is 1. The Kier molecular flexibility index (Phi) is 2.59. The number of thioether (sulfide) groups is 1. The van der Waals surface area contributed by atoms with Crippen LogP contribution in [0.1, 0.15) is 17.5 Å². The van der Waals surface area contributed by atoms with Crippen molar-refractivity contribution in [3.8, 4) is 0 Å². The largest absolute Gasteiger partial charge is 0.481 e. The first-order chi connectivity index (χ1) is 6.77. The van der Waals surface area contributed by atoms with Gasteiger partial charge in [0.25, 0.3) is 0 Å².